The third kappa shape index (κ3) is 3.23. The van der Waals surface area contributed by atoms with Crippen molar-refractivity contribution in [2.75, 3.05) is 40.3 Å². The summed E-state index contributed by atoms with van der Waals surface area (Å²) in [4.78, 5) is 29.6. The maximum Gasteiger partial charge on any atom is 0.319 e. The van der Waals surface area contributed by atoms with Crippen molar-refractivity contribution < 1.29 is 9.59 Å². The van der Waals surface area contributed by atoms with Crippen LogP contribution in [0, 0.1) is 5.92 Å². The Morgan fingerprint density at radius 1 is 1.00 bits per heavy atom. The number of piperazine rings is 1. The first kappa shape index (κ1) is 15.1. The lowest BCUT2D eigenvalue weighted by atomic mass is 9.84. The van der Waals surface area contributed by atoms with Gasteiger partial charge in [0, 0.05) is 46.3 Å². The lowest BCUT2D eigenvalue weighted by Crippen LogP contribution is -2.55. The molecule has 2 fully saturated rings. The SMILES string of the molecule is CN(C)C(=O)N1CCN(C(=O)C2CCCCC2N)CC1. The quantitative estimate of drug-likeness (QED) is 0.753. The van der Waals surface area contributed by atoms with Gasteiger partial charge in [-0.3, -0.25) is 4.79 Å². The standard InChI is InChI=1S/C14H26N4O2/c1-16(2)14(20)18-9-7-17(8-10-18)13(19)11-5-3-4-6-12(11)15/h11-12H,3-10,15H2,1-2H3. The Hall–Kier alpha value is -1.30. The Morgan fingerprint density at radius 2 is 1.55 bits per heavy atom. The van der Waals surface area contributed by atoms with Crippen LogP contribution in [0.25, 0.3) is 0 Å². The van der Waals surface area contributed by atoms with Gasteiger partial charge in [0.15, 0.2) is 0 Å². The van der Waals surface area contributed by atoms with Crippen LogP contribution in [-0.4, -0.2) is 73.0 Å². The number of hydrogen-bond acceptors (Lipinski definition) is 3. The van der Waals surface area contributed by atoms with E-state index in [4.69, 9.17) is 5.73 Å². The van der Waals surface area contributed by atoms with Crippen LogP contribution < -0.4 is 5.73 Å². The van der Waals surface area contributed by atoms with Crippen LogP contribution in [0.4, 0.5) is 4.79 Å². The van der Waals surface area contributed by atoms with Gasteiger partial charge in [0.2, 0.25) is 5.91 Å². The summed E-state index contributed by atoms with van der Waals surface area (Å²) in [5, 5.41) is 0. The van der Waals surface area contributed by atoms with E-state index in [1.807, 2.05) is 4.90 Å². The zero-order valence-corrected chi connectivity index (χ0v) is 12.5. The molecule has 1 aliphatic heterocycles. The van der Waals surface area contributed by atoms with Gasteiger partial charge in [-0.25, -0.2) is 4.79 Å². The predicted molar refractivity (Wildman–Crippen MR) is 77.2 cm³/mol. The molecule has 6 heteroatoms. The molecular weight excluding hydrogens is 256 g/mol. The van der Waals surface area contributed by atoms with Crippen molar-refractivity contribution in [2.45, 2.75) is 31.7 Å². The average Bonchev–Trinajstić information content (AvgIpc) is 2.46. The lowest BCUT2D eigenvalue weighted by molar-refractivity contribution is -0.138. The van der Waals surface area contributed by atoms with Crippen LogP contribution in [-0.2, 0) is 4.79 Å². The maximum atomic E-state index is 12.5. The normalized spacial score (nSPS) is 27.4. The highest BCUT2D eigenvalue weighted by Crippen LogP contribution is 2.25. The summed E-state index contributed by atoms with van der Waals surface area (Å²) in [5.41, 5.74) is 6.08. The third-order valence-corrected chi connectivity index (χ3v) is 4.38. The van der Waals surface area contributed by atoms with Gasteiger partial charge < -0.3 is 20.4 Å². The molecule has 2 N–H and O–H groups in total. The van der Waals surface area contributed by atoms with Crippen molar-refractivity contribution >= 4 is 11.9 Å². The van der Waals surface area contributed by atoms with Gasteiger partial charge >= 0.3 is 6.03 Å². The van der Waals surface area contributed by atoms with Gasteiger partial charge in [0.05, 0.1) is 5.92 Å². The molecule has 20 heavy (non-hydrogen) atoms. The van der Waals surface area contributed by atoms with Crippen molar-refractivity contribution in [2.24, 2.45) is 11.7 Å². The molecular formula is C14H26N4O2. The molecule has 1 heterocycles. The van der Waals surface area contributed by atoms with Crippen LogP contribution in [0.2, 0.25) is 0 Å². The summed E-state index contributed by atoms with van der Waals surface area (Å²) in [5.74, 6) is 0.175. The fourth-order valence-electron chi connectivity index (χ4n) is 3.10. The fourth-order valence-corrected chi connectivity index (χ4v) is 3.10. The fraction of sp³-hybridized carbons (Fsp3) is 0.857. The number of rotatable bonds is 1. The van der Waals surface area contributed by atoms with Gasteiger partial charge in [0.25, 0.3) is 0 Å². The molecule has 0 aromatic carbocycles. The van der Waals surface area contributed by atoms with E-state index in [0.717, 1.165) is 25.7 Å². The zero-order chi connectivity index (χ0) is 14.7. The Morgan fingerprint density at radius 3 is 2.10 bits per heavy atom. The number of nitrogens with zero attached hydrogens (tertiary/aromatic N) is 3. The van der Waals surface area contributed by atoms with E-state index in [1.54, 1.807) is 23.9 Å². The number of hydrogen-bond donors (Lipinski definition) is 1. The molecule has 0 aromatic rings. The second-order valence-electron chi connectivity index (χ2n) is 6.04. The number of amides is 3. The Labute approximate surface area is 120 Å². The molecule has 1 aliphatic carbocycles. The van der Waals surface area contributed by atoms with Crippen LogP contribution in [0.1, 0.15) is 25.7 Å². The topological polar surface area (TPSA) is 69.9 Å². The highest BCUT2D eigenvalue weighted by Gasteiger charge is 2.33. The summed E-state index contributed by atoms with van der Waals surface area (Å²) in [6.07, 6.45) is 4.10. The third-order valence-electron chi connectivity index (χ3n) is 4.38. The van der Waals surface area contributed by atoms with E-state index in [0.29, 0.717) is 26.2 Å². The largest absolute Gasteiger partial charge is 0.339 e. The highest BCUT2D eigenvalue weighted by atomic mass is 16.2. The molecule has 1 saturated heterocycles. The summed E-state index contributed by atoms with van der Waals surface area (Å²) in [7, 11) is 3.50. The second-order valence-corrected chi connectivity index (χ2v) is 6.04. The summed E-state index contributed by atoms with van der Waals surface area (Å²) in [6.45, 7) is 2.48. The first-order chi connectivity index (χ1) is 9.50. The van der Waals surface area contributed by atoms with Gasteiger partial charge in [-0.05, 0) is 12.8 Å². The van der Waals surface area contributed by atoms with Crippen molar-refractivity contribution in [3.63, 3.8) is 0 Å². The van der Waals surface area contributed by atoms with Gasteiger partial charge in [0.1, 0.15) is 0 Å². The molecule has 0 bridgehead atoms. The zero-order valence-electron chi connectivity index (χ0n) is 12.5. The molecule has 0 aromatic heterocycles. The summed E-state index contributed by atoms with van der Waals surface area (Å²) >= 11 is 0. The van der Waals surface area contributed by atoms with Crippen molar-refractivity contribution in [3.8, 4) is 0 Å². The number of carbonyl (C=O) groups excluding carboxylic acids is 2. The van der Waals surface area contributed by atoms with E-state index in [9.17, 15) is 9.59 Å². The Kier molecular flexibility index (Phi) is 4.86. The number of carbonyl (C=O) groups is 2. The Balaban J connectivity index is 1.87. The van der Waals surface area contributed by atoms with Crippen LogP contribution in [0.3, 0.4) is 0 Å². The second kappa shape index (κ2) is 6.43. The minimum atomic E-state index is -0.0140. The van der Waals surface area contributed by atoms with E-state index in [2.05, 4.69) is 0 Å². The number of urea groups is 1. The van der Waals surface area contributed by atoms with Crippen molar-refractivity contribution in [3.05, 3.63) is 0 Å². The van der Waals surface area contributed by atoms with E-state index in [1.165, 1.54) is 0 Å². The molecule has 2 unspecified atom stereocenters. The van der Waals surface area contributed by atoms with E-state index < -0.39 is 0 Å². The van der Waals surface area contributed by atoms with Gasteiger partial charge in [-0.2, -0.15) is 0 Å². The molecule has 2 atom stereocenters. The first-order valence-corrected chi connectivity index (χ1v) is 7.51. The van der Waals surface area contributed by atoms with Crippen LogP contribution in [0.5, 0.6) is 0 Å². The predicted octanol–water partition coefficient (Wildman–Crippen LogP) is 0.330. The van der Waals surface area contributed by atoms with Crippen LogP contribution in [0.15, 0.2) is 0 Å². The molecule has 6 nitrogen and oxygen atoms in total. The summed E-state index contributed by atoms with van der Waals surface area (Å²) < 4.78 is 0. The smallest absolute Gasteiger partial charge is 0.319 e. The minimum absolute atomic E-state index is 0.0117. The van der Waals surface area contributed by atoms with Gasteiger partial charge in [-0.15, -0.1) is 0 Å². The average molecular weight is 282 g/mol. The summed E-state index contributed by atoms with van der Waals surface area (Å²) in [6, 6.07) is 0.0316. The molecule has 2 aliphatic rings. The molecule has 0 spiro atoms. The molecule has 3 amide bonds. The van der Waals surface area contributed by atoms with Gasteiger partial charge in [-0.1, -0.05) is 12.8 Å². The molecule has 0 radical (unpaired) electrons. The van der Waals surface area contributed by atoms with Crippen molar-refractivity contribution in [1.82, 2.24) is 14.7 Å². The minimum Gasteiger partial charge on any atom is -0.339 e. The van der Waals surface area contributed by atoms with E-state index >= 15 is 0 Å². The van der Waals surface area contributed by atoms with E-state index in [-0.39, 0.29) is 23.9 Å². The molecule has 1 saturated carbocycles. The number of nitrogens with two attached hydrogens (primary N) is 1. The molecule has 2 rings (SSSR count). The highest BCUT2D eigenvalue weighted by molar-refractivity contribution is 5.80. The maximum absolute atomic E-state index is 12.5. The monoisotopic (exact) mass is 282 g/mol. The van der Waals surface area contributed by atoms with Crippen LogP contribution >= 0.6 is 0 Å². The first-order valence-electron chi connectivity index (χ1n) is 7.51. The van der Waals surface area contributed by atoms with Crippen molar-refractivity contribution in [1.29, 1.82) is 0 Å². The lowest BCUT2D eigenvalue weighted by Gasteiger charge is -2.39. The molecule has 114 valence electrons. The Bertz CT molecular complexity index is 364.